The molecule has 0 radical (unpaired) electrons. The second kappa shape index (κ2) is 7.83. The molecule has 0 aromatic carbocycles. The van der Waals surface area contributed by atoms with E-state index < -0.39 is 5.60 Å². The number of nitrogens with one attached hydrogen (secondary N) is 1. The van der Waals surface area contributed by atoms with Crippen LogP contribution in [0, 0.1) is 0 Å². The summed E-state index contributed by atoms with van der Waals surface area (Å²) in [5, 5.41) is 3.65. The summed E-state index contributed by atoms with van der Waals surface area (Å²) in [7, 11) is 0. The minimum absolute atomic E-state index is 0.166. The maximum atomic E-state index is 12.3. The molecule has 0 aliphatic carbocycles. The molecule has 3 atom stereocenters. The number of nitrogens with zero attached hydrogens (tertiary/aromatic N) is 1. The molecule has 1 N–H and O–H groups in total. The molecule has 4 nitrogen and oxygen atoms in total. The predicted octanol–water partition coefficient (Wildman–Crippen LogP) is 3.72. The summed E-state index contributed by atoms with van der Waals surface area (Å²) in [6.07, 6.45) is 5.99. The van der Waals surface area contributed by atoms with E-state index in [4.69, 9.17) is 4.74 Å². The first kappa shape index (κ1) is 18.0. The lowest BCUT2D eigenvalue weighted by atomic mass is 9.96. The van der Waals surface area contributed by atoms with Crippen LogP contribution < -0.4 is 5.32 Å². The Morgan fingerprint density at radius 1 is 1.52 bits per heavy atom. The molecule has 0 bridgehead atoms. The van der Waals surface area contributed by atoms with Gasteiger partial charge in [0.1, 0.15) is 5.60 Å². The maximum absolute atomic E-state index is 12.3. The van der Waals surface area contributed by atoms with E-state index >= 15 is 0 Å². The number of carbonyl (C=O) groups is 1. The fourth-order valence-corrected chi connectivity index (χ4v) is 2.76. The zero-order valence-corrected chi connectivity index (χ0v) is 14.3. The molecule has 0 spiro atoms. The van der Waals surface area contributed by atoms with E-state index in [2.05, 4.69) is 25.7 Å². The predicted molar refractivity (Wildman–Crippen MR) is 87.5 cm³/mol. The molecule has 0 aromatic heterocycles. The average molecular weight is 296 g/mol. The zero-order valence-electron chi connectivity index (χ0n) is 14.3. The molecule has 122 valence electrons. The summed E-state index contributed by atoms with van der Waals surface area (Å²) >= 11 is 0. The number of rotatable bonds is 5. The molecule has 1 heterocycles. The van der Waals surface area contributed by atoms with Crippen molar-refractivity contribution in [3.63, 3.8) is 0 Å². The van der Waals surface area contributed by atoms with Gasteiger partial charge in [0.05, 0.1) is 0 Å². The van der Waals surface area contributed by atoms with Crippen molar-refractivity contribution in [3.05, 3.63) is 12.7 Å². The molecule has 3 unspecified atom stereocenters. The smallest absolute Gasteiger partial charge is 0.410 e. The van der Waals surface area contributed by atoms with Gasteiger partial charge in [0, 0.05) is 24.7 Å². The number of allylic oxidation sites excluding steroid dienone is 1. The minimum Gasteiger partial charge on any atom is -0.444 e. The van der Waals surface area contributed by atoms with Gasteiger partial charge in [-0.1, -0.05) is 6.08 Å². The summed E-state index contributed by atoms with van der Waals surface area (Å²) in [5.41, 5.74) is -0.436. The molecule has 4 heteroatoms. The Morgan fingerprint density at radius 2 is 2.19 bits per heavy atom. The number of amides is 1. The van der Waals surface area contributed by atoms with Crippen molar-refractivity contribution in [3.8, 4) is 0 Å². The van der Waals surface area contributed by atoms with E-state index in [0.29, 0.717) is 12.1 Å². The van der Waals surface area contributed by atoms with E-state index in [-0.39, 0.29) is 12.1 Å². The molecule has 1 amide bonds. The van der Waals surface area contributed by atoms with Gasteiger partial charge >= 0.3 is 6.09 Å². The second-order valence-electron chi connectivity index (χ2n) is 7.10. The van der Waals surface area contributed by atoms with Crippen molar-refractivity contribution in [1.82, 2.24) is 10.2 Å². The summed E-state index contributed by atoms with van der Waals surface area (Å²) in [5.74, 6) is 0. The Morgan fingerprint density at radius 3 is 2.76 bits per heavy atom. The highest BCUT2D eigenvalue weighted by molar-refractivity contribution is 5.68. The Kier molecular flexibility index (Phi) is 6.72. The fraction of sp³-hybridized carbons (Fsp3) is 0.824. The monoisotopic (exact) mass is 296 g/mol. The van der Waals surface area contributed by atoms with Crippen LogP contribution in [0.1, 0.15) is 60.3 Å². The molecule has 1 rings (SSSR count). The van der Waals surface area contributed by atoms with Crippen LogP contribution in [0.3, 0.4) is 0 Å². The van der Waals surface area contributed by atoms with Crippen molar-refractivity contribution in [2.45, 2.75) is 84.0 Å². The highest BCUT2D eigenvalue weighted by atomic mass is 16.6. The maximum Gasteiger partial charge on any atom is 0.410 e. The van der Waals surface area contributed by atoms with Crippen LogP contribution in [0.4, 0.5) is 4.79 Å². The normalized spacial score (nSPS) is 24.5. The molecular formula is C17H32N2O2. The van der Waals surface area contributed by atoms with Gasteiger partial charge in [-0.2, -0.15) is 0 Å². The van der Waals surface area contributed by atoms with Crippen LogP contribution >= 0.6 is 0 Å². The average Bonchev–Trinajstić information content (AvgIpc) is 2.36. The van der Waals surface area contributed by atoms with Gasteiger partial charge in [0.15, 0.2) is 0 Å². The van der Waals surface area contributed by atoms with Crippen LogP contribution in [-0.2, 0) is 4.74 Å². The number of hydrogen-bond acceptors (Lipinski definition) is 3. The quantitative estimate of drug-likeness (QED) is 0.786. The van der Waals surface area contributed by atoms with E-state index in [1.807, 2.05) is 31.7 Å². The molecule has 1 aliphatic rings. The van der Waals surface area contributed by atoms with E-state index in [1.165, 1.54) is 0 Å². The van der Waals surface area contributed by atoms with Crippen molar-refractivity contribution in [2.75, 3.05) is 6.54 Å². The lowest BCUT2D eigenvalue weighted by molar-refractivity contribution is 0.00639. The molecular weight excluding hydrogens is 264 g/mol. The Hall–Kier alpha value is -1.03. The lowest BCUT2D eigenvalue weighted by Crippen LogP contribution is -2.56. The van der Waals surface area contributed by atoms with Crippen molar-refractivity contribution >= 4 is 6.09 Å². The highest BCUT2D eigenvalue weighted by Gasteiger charge is 2.33. The summed E-state index contributed by atoms with van der Waals surface area (Å²) in [6, 6.07) is 0.944. The van der Waals surface area contributed by atoms with Crippen molar-refractivity contribution in [1.29, 1.82) is 0 Å². The zero-order chi connectivity index (χ0) is 16.0. The van der Waals surface area contributed by atoms with Gasteiger partial charge < -0.3 is 15.0 Å². The van der Waals surface area contributed by atoms with Gasteiger partial charge in [-0.15, -0.1) is 6.58 Å². The first-order chi connectivity index (χ1) is 9.74. The molecule has 1 saturated heterocycles. The largest absolute Gasteiger partial charge is 0.444 e. The number of ether oxygens (including phenoxy) is 1. The van der Waals surface area contributed by atoms with Crippen molar-refractivity contribution in [2.24, 2.45) is 0 Å². The molecule has 1 aliphatic heterocycles. The minimum atomic E-state index is -0.436. The third-order valence-electron chi connectivity index (χ3n) is 3.92. The van der Waals surface area contributed by atoms with Gasteiger partial charge in [-0.3, -0.25) is 0 Å². The van der Waals surface area contributed by atoms with Crippen LogP contribution in [0.25, 0.3) is 0 Å². The van der Waals surface area contributed by atoms with Gasteiger partial charge in [0.2, 0.25) is 0 Å². The van der Waals surface area contributed by atoms with E-state index in [1.54, 1.807) is 0 Å². The second-order valence-corrected chi connectivity index (χ2v) is 7.10. The van der Waals surface area contributed by atoms with Crippen LogP contribution in [0.5, 0.6) is 0 Å². The fourth-order valence-electron chi connectivity index (χ4n) is 2.76. The SMILES string of the molecule is C=CCCC(C)NC1CCCN(C(=O)OC(C)(C)C)C1C. The lowest BCUT2D eigenvalue weighted by Gasteiger charge is -2.41. The summed E-state index contributed by atoms with van der Waals surface area (Å²) in [6.45, 7) is 14.6. The van der Waals surface area contributed by atoms with Gasteiger partial charge in [-0.05, 0) is 60.3 Å². The van der Waals surface area contributed by atoms with Gasteiger partial charge in [0.25, 0.3) is 0 Å². The molecule has 1 fully saturated rings. The summed E-state index contributed by atoms with van der Waals surface area (Å²) < 4.78 is 5.51. The standard InChI is InChI=1S/C17H32N2O2/c1-7-8-10-13(2)18-15-11-9-12-19(14(15)3)16(20)21-17(4,5)6/h7,13-15,18H,1,8-12H2,2-6H3. The Bertz CT molecular complexity index is 349. The highest BCUT2D eigenvalue weighted by Crippen LogP contribution is 2.21. The Balaban J connectivity index is 2.57. The number of hydrogen-bond donors (Lipinski definition) is 1. The summed E-state index contributed by atoms with van der Waals surface area (Å²) in [4.78, 5) is 14.2. The van der Waals surface area contributed by atoms with E-state index in [0.717, 1.165) is 32.2 Å². The topological polar surface area (TPSA) is 41.6 Å². The van der Waals surface area contributed by atoms with Crippen LogP contribution in [-0.4, -0.2) is 41.3 Å². The van der Waals surface area contributed by atoms with Crippen molar-refractivity contribution < 1.29 is 9.53 Å². The first-order valence-corrected chi connectivity index (χ1v) is 8.11. The first-order valence-electron chi connectivity index (χ1n) is 8.11. The number of carbonyl (C=O) groups excluding carboxylic acids is 1. The number of likely N-dealkylation sites (tertiary alicyclic amines) is 1. The van der Waals surface area contributed by atoms with E-state index in [9.17, 15) is 4.79 Å². The number of piperidine rings is 1. The van der Waals surface area contributed by atoms with Gasteiger partial charge in [-0.25, -0.2) is 4.79 Å². The molecule has 0 aromatic rings. The third-order valence-corrected chi connectivity index (χ3v) is 3.92. The van der Waals surface area contributed by atoms with Crippen LogP contribution in [0.2, 0.25) is 0 Å². The third kappa shape index (κ3) is 6.08. The molecule has 0 saturated carbocycles. The molecule has 21 heavy (non-hydrogen) atoms. The Labute approximate surface area is 129 Å². The van der Waals surface area contributed by atoms with Crippen LogP contribution in [0.15, 0.2) is 12.7 Å².